The number of aliphatic carboxylic acids is 1. The molecule has 0 aromatic heterocycles. The van der Waals surface area contributed by atoms with E-state index < -0.39 is 12.1 Å². The van der Waals surface area contributed by atoms with Crippen LogP contribution in [0.1, 0.15) is 65.5 Å². The normalized spacial score (nSPS) is 19.2. The van der Waals surface area contributed by atoms with Gasteiger partial charge in [-0.05, 0) is 85.2 Å². The number of carboxylic acids is 1. The Morgan fingerprint density at radius 2 is 1.90 bits per heavy atom. The molecule has 8 heteroatoms. The Morgan fingerprint density at radius 1 is 1.10 bits per heavy atom. The predicted molar refractivity (Wildman–Crippen MR) is 151 cm³/mol. The van der Waals surface area contributed by atoms with E-state index in [1.165, 1.54) is 6.07 Å². The second-order valence-corrected chi connectivity index (χ2v) is 11.2. The number of carboxylic acid groups (broad SMARTS) is 1. The van der Waals surface area contributed by atoms with Gasteiger partial charge in [-0.2, -0.15) is 0 Å². The minimum atomic E-state index is -0.858. The summed E-state index contributed by atoms with van der Waals surface area (Å²) >= 11 is 0. The molecule has 1 unspecified atom stereocenters. The molecule has 41 heavy (non-hydrogen) atoms. The number of ether oxygens (including phenoxy) is 3. The summed E-state index contributed by atoms with van der Waals surface area (Å²) in [5.41, 5.74) is 6.57. The molecule has 1 fully saturated rings. The van der Waals surface area contributed by atoms with E-state index in [2.05, 4.69) is 0 Å². The van der Waals surface area contributed by atoms with Gasteiger partial charge in [0.1, 0.15) is 35.8 Å². The molecule has 1 N–H and O–H groups in total. The van der Waals surface area contributed by atoms with E-state index in [0.717, 1.165) is 52.1 Å². The minimum Gasteiger partial charge on any atom is -0.492 e. The highest BCUT2D eigenvalue weighted by Crippen LogP contribution is 2.45. The van der Waals surface area contributed by atoms with Crippen molar-refractivity contribution in [3.8, 4) is 28.4 Å². The van der Waals surface area contributed by atoms with Gasteiger partial charge in [-0.25, -0.2) is 4.39 Å². The summed E-state index contributed by atoms with van der Waals surface area (Å²) in [5.74, 6) is 0.841. The van der Waals surface area contributed by atoms with E-state index in [4.69, 9.17) is 19.3 Å². The van der Waals surface area contributed by atoms with Crippen LogP contribution in [0.2, 0.25) is 0 Å². The topological polar surface area (TPSA) is 85.3 Å². The molecule has 2 heterocycles. The number of aryl methyl sites for hydroxylation is 2. The van der Waals surface area contributed by atoms with Gasteiger partial charge in [-0.15, -0.1) is 0 Å². The predicted octanol–water partition coefficient (Wildman–Crippen LogP) is 6.13. The maximum absolute atomic E-state index is 15.3. The van der Waals surface area contributed by atoms with Crippen molar-refractivity contribution < 1.29 is 33.3 Å². The van der Waals surface area contributed by atoms with E-state index in [9.17, 15) is 9.59 Å². The van der Waals surface area contributed by atoms with E-state index >= 15 is 4.39 Å². The Morgan fingerprint density at radius 3 is 2.63 bits per heavy atom. The molecule has 3 aromatic carbocycles. The lowest BCUT2D eigenvalue weighted by Gasteiger charge is -2.20. The fraction of sp³-hybridized carbons (Fsp3) is 0.394. The number of likely N-dealkylation sites (tertiary alicyclic amines) is 1. The van der Waals surface area contributed by atoms with Gasteiger partial charge in [-0.3, -0.25) is 9.59 Å². The smallest absolute Gasteiger partial charge is 0.304 e. The average Bonchev–Trinajstić information content (AvgIpc) is 3.64. The van der Waals surface area contributed by atoms with Crippen molar-refractivity contribution >= 4 is 11.9 Å². The first-order valence-corrected chi connectivity index (χ1v) is 14.3. The zero-order valence-electron chi connectivity index (χ0n) is 23.4. The first-order chi connectivity index (χ1) is 19.8. The van der Waals surface area contributed by atoms with Crippen molar-refractivity contribution in [2.24, 2.45) is 0 Å². The Bertz CT molecular complexity index is 1490. The second kappa shape index (κ2) is 11.1. The molecule has 3 aromatic rings. The molecule has 7 nitrogen and oxygen atoms in total. The number of hydrogen-bond acceptors (Lipinski definition) is 5. The van der Waals surface area contributed by atoms with Crippen molar-refractivity contribution in [3.63, 3.8) is 0 Å². The molecule has 1 amide bonds. The number of rotatable bonds is 9. The molecule has 0 saturated carbocycles. The van der Waals surface area contributed by atoms with Gasteiger partial charge in [-0.1, -0.05) is 12.1 Å². The maximum atomic E-state index is 15.3. The van der Waals surface area contributed by atoms with Gasteiger partial charge < -0.3 is 24.2 Å². The van der Waals surface area contributed by atoms with Crippen LogP contribution in [-0.2, 0) is 16.0 Å². The summed E-state index contributed by atoms with van der Waals surface area (Å²) in [7, 11) is 0. The zero-order valence-corrected chi connectivity index (χ0v) is 23.4. The summed E-state index contributed by atoms with van der Waals surface area (Å²) in [6.07, 6.45) is 2.46. The van der Waals surface area contributed by atoms with Crippen LogP contribution in [0.3, 0.4) is 0 Å². The van der Waals surface area contributed by atoms with Crippen molar-refractivity contribution in [2.45, 2.75) is 58.0 Å². The molecule has 214 valence electrons. The summed E-state index contributed by atoms with van der Waals surface area (Å²) in [6.45, 7) is 6.25. The number of fused-ring (bicyclic) bond motifs is 2. The lowest BCUT2D eigenvalue weighted by atomic mass is 9.90. The fourth-order valence-electron chi connectivity index (χ4n) is 6.55. The van der Waals surface area contributed by atoms with E-state index in [0.29, 0.717) is 56.1 Å². The Balaban J connectivity index is 1.20. The van der Waals surface area contributed by atoms with Gasteiger partial charge >= 0.3 is 5.97 Å². The molecular formula is C33H34FNO6. The number of hydrogen-bond donors (Lipinski definition) is 1. The third-order valence-electron chi connectivity index (χ3n) is 8.42. The van der Waals surface area contributed by atoms with Crippen LogP contribution >= 0.6 is 0 Å². The molecule has 0 bridgehead atoms. The molecule has 1 aliphatic carbocycles. The summed E-state index contributed by atoms with van der Waals surface area (Å²) in [5, 5.41) is 9.16. The van der Waals surface area contributed by atoms with Crippen molar-refractivity contribution in [2.75, 3.05) is 26.3 Å². The highest BCUT2D eigenvalue weighted by molar-refractivity contribution is 5.78. The largest absolute Gasteiger partial charge is 0.492 e. The first kappa shape index (κ1) is 27.1. The third kappa shape index (κ3) is 5.35. The van der Waals surface area contributed by atoms with Gasteiger partial charge in [0, 0.05) is 36.1 Å². The van der Waals surface area contributed by atoms with Crippen molar-refractivity contribution in [1.29, 1.82) is 0 Å². The van der Waals surface area contributed by atoms with Crippen LogP contribution < -0.4 is 14.2 Å². The van der Waals surface area contributed by atoms with Crippen LogP contribution in [-0.4, -0.2) is 48.2 Å². The Hall–Kier alpha value is -4.07. The average molecular weight is 560 g/mol. The molecule has 2 atom stereocenters. The van der Waals surface area contributed by atoms with Crippen molar-refractivity contribution in [3.05, 3.63) is 76.1 Å². The molecule has 2 aliphatic heterocycles. The summed E-state index contributed by atoms with van der Waals surface area (Å²) in [4.78, 5) is 24.9. The van der Waals surface area contributed by atoms with Crippen molar-refractivity contribution in [1.82, 2.24) is 4.90 Å². The van der Waals surface area contributed by atoms with Crippen LogP contribution in [0.4, 0.5) is 4.39 Å². The van der Waals surface area contributed by atoms with Gasteiger partial charge in [0.2, 0.25) is 5.91 Å². The van der Waals surface area contributed by atoms with Gasteiger partial charge in [0.05, 0.1) is 19.6 Å². The van der Waals surface area contributed by atoms with E-state index in [1.807, 2.05) is 49.1 Å². The molecule has 3 aliphatic rings. The number of amides is 1. The lowest BCUT2D eigenvalue weighted by molar-refractivity contribution is -0.137. The van der Waals surface area contributed by atoms with Gasteiger partial charge in [0.25, 0.3) is 0 Å². The molecule has 0 spiro atoms. The second-order valence-electron chi connectivity index (χ2n) is 11.2. The van der Waals surface area contributed by atoms with E-state index in [-0.39, 0.29) is 24.1 Å². The molecule has 6 rings (SSSR count). The molecular weight excluding hydrogens is 525 g/mol. The monoisotopic (exact) mass is 559 g/mol. The number of benzene rings is 3. The Kier molecular flexibility index (Phi) is 7.32. The number of nitrogens with zero attached hydrogens (tertiary/aromatic N) is 1. The summed E-state index contributed by atoms with van der Waals surface area (Å²) in [6, 6.07) is 12.8. The van der Waals surface area contributed by atoms with Crippen LogP contribution in [0.25, 0.3) is 11.1 Å². The number of carbonyl (C=O) groups is 2. The van der Waals surface area contributed by atoms with Crippen LogP contribution in [0, 0.1) is 19.7 Å². The van der Waals surface area contributed by atoms with Gasteiger partial charge in [0.15, 0.2) is 0 Å². The maximum Gasteiger partial charge on any atom is 0.304 e. The number of halogens is 1. The molecule has 0 radical (unpaired) electrons. The highest BCUT2D eigenvalue weighted by Gasteiger charge is 2.32. The third-order valence-corrected chi connectivity index (χ3v) is 8.42. The zero-order chi connectivity index (χ0) is 28.7. The quantitative estimate of drug-likeness (QED) is 0.340. The SMILES string of the molecule is Cc1cc(OCCN2CCCC2=O)cc(C)c1-c1ccc(F)c2c1CC[C@H]2Oc1ccc2c(c1)OCC2CC(=O)O. The first-order valence-electron chi connectivity index (χ1n) is 14.3. The highest BCUT2D eigenvalue weighted by atomic mass is 19.1. The summed E-state index contributed by atoms with van der Waals surface area (Å²) < 4.78 is 33.3. The van der Waals surface area contributed by atoms with Crippen LogP contribution in [0.5, 0.6) is 17.2 Å². The fourth-order valence-corrected chi connectivity index (χ4v) is 6.55. The minimum absolute atomic E-state index is 0.0166. The standard InChI is InChI=1S/C33H34FNO6/c1-19-14-23(39-13-12-35-11-3-4-30(35)36)15-20(2)32(19)25-7-9-27(34)33-26(25)8-10-28(33)41-22-5-6-24-21(16-31(37)38)18-40-29(24)17-22/h5-7,9,14-15,17,21,28H,3-4,8,10-13,16,18H2,1-2H3,(H,37,38)/t21?,28-/m1/s1. The molecule has 1 saturated heterocycles. The van der Waals surface area contributed by atoms with Crippen LogP contribution in [0.15, 0.2) is 42.5 Å². The van der Waals surface area contributed by atoms with E-state index in [1.54, 1.807) is 6.07 Å². The number of carbonyl (C=O) groups excluding carboxylic acids is 1. The lowest BCUT2D eigenvalue weighted by Crippen LogP contribution is -2.29. The Labute approximate surface area is 238 Å².